The molecule has 2 aromatic rings. The third-order valence-electron chi connectivity index (χ3n) is 2.77. The Labute approximate surface area is 117 Å². The predicted octanol–water partition coefficient (Wildman–Crippen LogP) is 2.87. The summed E-state index contributed by atoms with van der Waals surface area (Å²) >= 11 is 1.79. The van der Waals surface area contributed by atoms with Crippen molar-refractivity contribution in [2.75, 3.05) is 12.3 Å². The van der Waals surface area contributed by atoms with Crippen LogP contribution >= 0.6 is 11.8 Å². The number of hydrogen-bond donors (Lipinski definition) is 1. The lowest BCUT2D eigenvalue weighted by Crippen LogP contribution is -2.12. The van der Waals surface area contributed by atoms with Crippen molar-refractivity contribution >= 4 is 11.8 Å². The fourth-order valence-corrected chi connectivity index (χ4v) is 2.58. The molecule has 0 aliphatic carbocycles. The standard InChI is InChI=1S/C14H19N3OS/c1-10-4-3-5-12(6-10)14-16-13(17-18-14)9-19-8-11(2)7-15/h3-6,11H,7-9,15H2,1-2H3. The Balaban J connectivity index is 1.95. The summed E-state index contributed by atoms with van der Waals surface area (Å²) < 4.78 is 5.29. The maximum Gasteiger partial charge on any atom is 0.257 e. The first-order valence-electron chi connectivity index (χ1n) is 6.36. The Morgan fingerprint density at radius 3 is 3.00 bits per heavy atom. The van der Waals surface area contributed by atoms with Crippen LogP contribution in [0.5, 0.6) is 0 Å². The zero-order valence-electron chi connectivity index (χ0n) is 11.3. The Morgan fingerprint density at radius 1 is 1.42 bits per heavy atom. The molecule has 2 rings (SSSR count). The van der Waals surface area contributed by atoms with Gasteiger partial charge >= 0.3 is 0 Å². The van der Waals surface area contributed by atoms with Crippen LogP contribution in [0.15, 0.2) is 28.8 Å². The monoisotopic (exact) mass is 277 g/mol. The lowest BCUT2D eigenvalue weighted by atomic mass is 10.1. The van der Waals surface area contributed by atoms with Crippen LogP contribution in [-0.4, -0.2) is 22.4 Å². The number of aryl methyl sites for hydroxylation is 1. The van der Waals surface area contributed by atoms with Gasteiger partial charge in [0.05, 0.1) is 5.75 Å². The number of nitrogens with zero attached hydrogens (tertiary/aromatic N) is 2. The lowest BCUT2D eigenvalue weighted by Gasteiger charge is -2.05. The van der Waals surface area contributed by atoms with E-state index in [1.54, 1.807) is 11.8 Å². The number of hydrogen-bond acceptors (Lipinski definition) is 5. The largest absolute Gasteiger partial charge is 0.334 e. The Bertz CT molecular complexity index is 527. The third kappa shape index (κ3) is 4.08. The second-order valence-corrected chi connectivity index (χ2v) is 5.77. The van der Waals surface area contributed by atoms with Crippen molar-refractivity contribution in [1.29, 1.82) is 0 Å². The number of aromatic nitrogens is 2. The van der Waals surface area contributed by atoms with Gasteiger partial charge in [0.2, 0.25) is 0 Å². The second-order valence-electron chi connectivity index (χ2n) is 4.74. The predicted molar refractivity (Wildman–Crippen MR) is 78.9 cm³/mol. The number of nitrogens with two attached hydrogens (primary N) is 1. The number of rotatable bonds is 6. The summed E-state index contributed by atoms with van der Waals surface area (Å²) in [5.74, 6) is 3.63. The molecule has 0 bridgehead atoms. The smallest absolute Gasteiger partial charge is 0.257 e. The molecule has 0 radical (unpaired) electrons. The molecule has 1 heterocycles. The molecule has 0 aliphatic heterocycles. The van der Waals surface area contributed by atoms with Crippen molar-refractivity contribution in [3.63, 3.8) is 0 Å². The van der Waals surface area contributed by atoms with Crippen LogP contribution < -0.4 is 5.73 Å². The van der Waals surface area contributed by atoms with Crippen molar-refractivity contribution < 1.29 is 4.52 Å². The molecule has 0 amide bonds. The van der Waals surface area contributed by atoms with Crippen LogP contribution in [0.4, 0.5) is 0 Å². The number of benzene rings is 1. The fraction of sp³-hybridized carbons (Fsp3) is 0.429. The molecule has 0 fully saturated rings. The van der Waals surface area contributed by atoms with E-state index in [9.17, 15) is 0 Å². The first-order chi connectivity index (χ1) is 9.19. The summed E-state index contributed by atoms with van der Waals surface area (Å²) in [6, 6.07) is 8.06. The first-order valence-corrected chi connectivity index (χ1v) is 7.52. The minimum atomic E-state index is 0.521. The van der Waals surface area contributed by atoms with E-state index < -0.39 is 0 Å². The molecule has 2 N–H and O–H groups in total. The van der Waals surface area contributed by atoms with E-state index in [-0.39, 0.29) is 0 Å². The Kier molecular flexibility index (Phi) is 4.99. The zero-order valence-corrected chi connectivity index (χ0v) is 12.1. The van der Waals surface area contributed by atoms with Gasteiger partial charge in [0.15, 0.2) is 5.82 Å². The Hall–Kier alpha value is -1.33. The van der Waals surface area contributed by atoms with E-state index in [4.69, 9.17) is 10.3 Å². The zero-order chi connectivity index (χ0) is 13.7. The summed E-state index contributed by atoms with van der Waals surface area (Å²) in [5.41, 5.74) is 7.74. The maximum absolute atomic E-state index is 5.58. The van der Waals surface area contributed by atoms with Crippen molar-refractivity contribution in [2.24, 2.45) is 11.7 Å². The van der Waals surface area contributed by atoms with Gasteiger partial charge in [-0.3, -0.25) is 0 Å². The molecular formula is C14H19N3OS. The molecule has 1 atom stereocenters. The average Bonchev–Trinajstić information content (AvgIpc) is 2.87. The summed E-state index contributed by atoms with van der Waals surface area (Å²) in [6.07, 6.45) is 0. The molecule has 1 unspecified atom stereocenters. The molecular weight excluding hydrogens is 258 g/mol. The summed E-state index contributed by atoms with van der Waals surface area (Å²) in [6.45, 7) is 4.90. The van der Waals surface area contributed by atoms with Gasteiger partial charge in [0.25, 0.3) is 5.89 Å². The molecule has 102 valence electrons. The molecule has 19 heavy (non-hydrogen) atoms. The summed E-state index contributed by atoms with van der Waals surface area (Å²) in [5, 5.41) is 4.01. The Morgan fingerprint density at radius 2 is 2.26 bits per heavy atom. The molecule has 1 aromatic heterocycles. The van der Waals surface area contributed by atoms with Gasteiger partial charge in [-0.1, -0.05) is 29.8 Å². The van der Waals surface area contributed by atoms with Gasteiger partial charge < -0.3 is 10.3 Å². The van der Waals surface area contributed by atoms with Crippen molar-refractivity contribution in [3.05, 3.63) is 35.7 Å². The van der Waals surface area contributed by atoms with Gasteiger partial charge in [0.1, 0.15) is 0 Å². The minimum absolute atomic E-state index is 0.521. The first kappa shape index (κ1) is 14.1. The van der Waals surface area contributed by atoms with E-state index in [0.29, 0.717) is 18.4 Å². The fourth-order valence-electron chi connectivity index (χ4n) is 1.63. The van der Waals surface area contributed by atoms with Gasteiger partial charge in [-0.15, -0.1) is 0 Å². The van der Waals surface area contributed by atoms with Crippen LogP contribution in [0.25, 0.3) is 11.5 Å². The summed E-state index contributed by atoms with van der Waals surface area (Å²) in [7, 11) is 0. The van der Waals surface area contributed by atoms with Crippen LogP contribution in [0, 0.1) is 12.8 Å². The third-order valence-corrected chi connectivity index (χ3v) is 4.04. The maximum atomic E-state index is 5.58. The number of thioether (sulfide) groups is 1. The molecule has 0 spiro atoms. The molecule has 0 saturated carbocycles. The molecule has 0 saturated heterocycles. The van der Waals surface area contributed by atoms with E-state index >= 15 is 0 Å². The van der Waals surface area contributed by atoms with E-state index in [1.165, 1.54) is 5.56 Å². The van der Waals surface area contributed by atoms with E-state index in [0.717, 1.165) is 22.9 Å². The molecule has 0 aliphatic rings. The van der Waals surface area contributed by atoms with Crippen LogP contribution in [0.1, 0.15) is 18.3 Å². The van der Waals surface area contributed by atoms with Gasteiger partial charge in [-0.2, -0.15) is 16.7 Å². The van der Waals surface area contributed by atoms with Crippen molar-refractivity contribution in [3.8, 4) is 11.5 Å². The minimum Gasteiger partial charge on any atom is -0.334 e. The SMILES string of the molecule is Cc1cccc(-c2nc(CSCC(C)CN)no2)c1. The topological polar surface area (TPSA) is 64.9 Å². The lowest BCUT2D eigenvalue weighted by molar-refractivity contribution is 0.425. The van der Waals surface area contributed by atoms with Crippen LogP contribution in [-0.2, 0) is 5.75 Å². The average molecular weight is 277 g/mol. The highest BCUT2D eigenvalue weighted by Crippen LogP contribution is 2.20. The molecule has 4 nitrogen and oxygen atoms in total. The van der Waals surface area contributed by atoms with Gasteiger partial charge in [-0.25, -0.2) is 0 Å². The van der Waals surface area contributed by atoms with E-state index in [2.05, 4.69) is 17.1 Å². The van der Waals surface area contributed by atoms with E-state index in [1.807, 2.05) is 31.2 Å². The van der Waals surface area contributed by atoms with Crippen molar-refractivity contribution in [2.45, 2.75) is 19.6 Å². The normalized spacial score (nSPS) is 12.6. The molecule has 5 heteroatoms. The summed E-state index contributed by atoms with van der Waals surface area (Å²) in [4.78, 5) is 4.41. The van der Waals surface area contributed by atoms with Crippen LogP contribution in [0.3, 0.4) is 0 Å². The highest BCUT2D eigenvalue weighted by molar-refractivity contribution is 7.98. The van der Waals surface area contributed by atoms with Crippen molar-refractivity contribution in [1.82, 2.24) is 10.1 Å². The van der Waals surface area contributed by atoms with Gasteiger partial charge in [-0.05, 0) is 37.3 Å². The highest BCUT2D eigenvalue weighted by atomic mass is 32.2. The molecule has 1 aromatic carbocycles. The highest BCUT2D eigenvalue weighted by Gasteiger charge is 2.09. The van der Waals surface area contributed by atoms with Gasteiger partial charge in [0, 0.05) is 5.56 Å². The quantitative estimate of drug-likeness (QED) is 0.879. The van der Waals surface area contributed by atoms with Crippen LogP contribution in [0.2, 0.25) is 0 Å². The second kappa shape index (κ2) is 6.73.